The highest BCUT2D eigenvalue weighted by Gasteiger charge is 2.43. The number of aliphatic hydroxyl groups is 1. The Bertz CT molecular complexity index is 807. The minimum Gasteiger partial charge on any atom is -0.493 e. The van der Waals surface area contributed by atoms with E-state index in [4.69, 9.17) is 9.47 Å². The van der Waals surface area contributed by atoms with Crippen LogP contribution in [-0.4, -0.2) is 61.0 Å². The van der Waals surface area contributed by atoms with E-state index in [1.54, 1.807) is 7.11 Å². The van der Waals surface area contributed by atoms with Gasteiger partial charge in [-0.1, -0.05) is 36.4 Å². The fraction of sp³-hybridized carbons (Fsp3) is 0.500. The highest BCUT2D eigenvalue weighted by molar-refractivity contribution is 7.99. The number of hydrogen-bond donors (Lipinski definition) is 2. The largest absolute Gasteiger partial charge is 0.493 e. The van der Waals surface area contributed by atoms with Crippen LogP contribution in [0.5, 0.6) is 11.5 Å². The van der Waals surface area contributed by atoms with E-state index < -0.39 is 6.10 Å². The molecule has 2 aliphatic rings. The van der Waals surface area contributed by atoms with Gasteiger partial charge in [-0.15, -0.1) is 0 Å². The van der Waals surface area contributed by atoms with Crippen LogP contribution < -0.4 is 14.8 Å². The second-order valence-corrected chi connectivity index (χ2v) is 9.39. The van der Waals surface area contributed by atoms with Crippen LogP contribution in [0, 0.1) is 0 Å². The average Bonchev–Trinajstić information content (AvgIpc) is 3.59. The van der Waals surface area contributed by atoms with E-state index in [2.05, 4.69) is 46.6 Å². The molecule has 2 N–H and O–H groups in total. The van der Waals surface area contributed by atoms with Gasteiger partial charge >= 0.3 is 0 Å². The number of methoxy groups -OCH3 is 1. The van der Waals surface area contributed by atoms with Gasteiger partial charge in [0.15, 0.2) is 11.5 Å². The summed E-state index contributed by atoms with van der Waals surface area (Å²) in [6.07, 6.45) is 1.84. The third-order valence-electron chi connectivity index (χ3n) is 5.94. The van der Waals surface area contributed by atoms with Crippen molar-refractivity contribution in [2.24, 2.45) is 0 Å². The zero-order chi connectivity index (χ0) is 20.8. The molecule has 2 aromatic carbocycles. The molecule has 4 rings (SSSR count). The van der Waals surface area contributed by atoms with Crippen LogP contribution in [0.1, 0.15) is 24.0 Å². The zero-order valence-electron chi connectivity index (χ0n) is 17.7. The van der Waals surface area contributed by atoms with Gasteiger partial charge in [0.05, 0.1) is 7.11 Å². The summed E-state index contributed by atoms with van der Waals surface area (Å²) in [4.78, 5) is 2.30. The van der Waals surface area contributed by atoms with Crippen LogP contribution in [0.2, 0.25) is 0 Å². The van der Waals surface area contributed by atoms with Crippen LogP contribution in [0.25, 0.3) is 0 Å². The molecule has 0 amide bonds. The topological polar surface area (TPSA) is 54.0 Å². The molecule has 2 fully saturated rings. The number of benzene rings is 2. The minimum absolute atomic E-state index is 0.112. The second kappa shape index (κ2) is 10.1. The van der Waals surface area contributed by atoms with Gasteiger partial charge in [0.2, 0.25) is 0 Å². The van der Waals surface area contributed by atoms with Crippen molar-refractivity contribution in [3.8, 4) is 11.5 Å². The summed E-state index contributed by atoms with van der Waals surface area (Å²) >= 11 is 1.97. The Morgan fingerprint density at radius 3 is 2.57 bits per heavy atom. The molecular formula is C24H32N2O3S. The number of aliphatic hydroxyl groups excluding tert-OH is 1. The van der Waals surface area contributed by atoms with Crippen molar-refractivity contribution in [2.75, 3.05) is 44.9 Å². The molecule has 6 heteroatoms. The van der Waals surface area contributed by atoms with E-state index in [0.717, 1.165) is 36.7 Å². The Balaban J connectivity index is 1.30. The number of hydrogen-bond acceptors (Lipinski definition) is 6. The first kappa shape index (κ1) is 21.5. The molecule has 1 saturated heterocycles. The lowest BCUT2D eigenvalue weighted by molar-refractivity contribution is 0.0705. The standard InChI is InChI=1S/C24H32N2O3S/c1-28-23-15-19(16-25-24(9-10-24)20-5-3-2-4-6-20)7-8-22(23)29-18-21(27)17-26-11-13-30-14-12-26/h2-8,15,21,25,27H,9-14,16-18H2,1H3. The average molecular weight is 429 g/mol. The van der Waals surface area contributed by atoms with Crippen molar-refractivity contribution < 1.29 is 14.6 Å². The molecule has 1 heterocycles. The molecule has 162 valence electrons. The molecule has 2 aromatic rings. The van der Waals surface area contributed by atoms with Gasteiger partial charge in [-0.3, -0.25) is 4.90 Å². The smallest absolute Gasteiger partial charge is 0.161 e. The fourth-order valence-corrected chi connectivity index (χ4v) is 4.96. The lowest BCUT2D eigenvalue weighted by atomic mass is 10.0. The normalized spacial score (nSPS) is 19.3. The molecule has 30 heavy (non-hydrogen) atoms. The maximum absolute atomic E-state index is 10.3. The summed E-state index contributed by atoms with van der Waals surface area (Å²) in [6.45, 7) is 3.79. The van der Waals surface area contributed by atoms with Crippen LogP contribution >= 0.6 is 11.8 Å². The van der Waals surface area contributed by atoms with Crippen LogP contribution in [0.15, 0.2) is 48.5 Å². The first-order valence-electron chi connectivity index (χ1n) is 10.8. The molecule has 0 aromatic heterocycles. The lowest BCUT2D eigenvalue weighted by Gasteiger charge is -2.28. The van der Waals surface area contributed by atoms with Crippen LogP contribution in [0.3, 0.4) is 0 Å². The molecule has 1 aliphatic carbocycles. The maximum atomic E-state index is 10.3. The van der Waals surface area contributed by atoms with Crippen molar-refractivity contribution >= 4 is 11.8 Å². The molecule has 0 radical (unpaired) electrons. The monoisotopic (exact) mass is 428 g/mol. The third kappa shape index (κ3) is 5.49. The van der Waals surface area contributed by atoms with Crippen molar-refractivity contribution in [3.63, 3.8) is 0 Å². The summed E-state index contributed by atoms with van der Waals surface area (Å²) < 4.78 is 11.4. The van der Waals surface area contributed by atoms with Gasteiger partial charge in [0.1, 0.15) is 12.7 Å². The first-order chi connectivity index (χ1) is 14.7. The molecule has 1 saturated carbocycles. The first-order valence-corrected chi connectivity index (χ1v) is 11.9. The van der Waals surface area contributed by atoms with E-state index in [1.165, 1.54) is 18.4 Å². The number of nitrogens with zero attached hydrogens (tertiary/aromatic N) is 1. The predicted octanol–water partition coefficient (Wildman–Crippen LogP) is 3.26. The van der Waals surface area contributed by atoms with E-state index in [0.29, 0.717) is 18.0 Å². The van der Waals surface area contributed by atoms with E-state index >= 15 is 0 Å². The number of ether oxygens (including phenoxy) is 2. The Morgan fingerprint density at radius 1 is 1.10 bits per heavy atom. The number of thioether (sulfide) groups is 1. The van der Waals surface area contributed by atoms with Gasteiger partial charge < -0.3 is 19.9 Å². The summed E-state index contributed by atoms with van der Waals surface area (Å²) in [5, 5.41) is 14.1. The van der Waals surface area contributed by atoms with Crippen molar-refractivity contribution in [3.05, 3.63) is 59.7 Å². The number of rotatable bonds is 10. The van der Waals surface area contributed by atoms with Crippen molar-refractivity contribution in [1.29, 1.82) is 0 Å². The fourth-order valence-electron chi connectivity index (χ4n) is 3.98. The van der Waals surface area contributed by atoms with Crippen LogP contribution in [-0.2, 0) is 12.1 Å². The lowest BCUT2D eigenvalue weighted by Crippen LogP contribution is -2.40. The summed E-state index contributed by atoms with van der Waals surface area (Å²) in [5.41, 5.74) is 2.63. The molecule has 0 spiro atoms. The Hall–Kier alpha value is -1.73. The maximum Gasteiger partial charge on any atom is 0.161 e. The van der Waals surface area contributed by atoms with Crippen molar-refractivity contribution in [1.82, 2.24) is 10.2 Å². The number of nitrogens with one attached hydrogen (secondary N) is 1. The summed E-state index contributed by atoms with van der Waals surface area (Å²) in [5.74, 6) is 3.67. The summed E-state index contributed by atoms with van der Waals surface area (Å²) in [7, 11) is 1.66. The van der Waals surface area contributed by atoms with E-state index in [-0.39, 0.29) is 12.1 Å². The quantitative estimate of drug-likeness (QED) is 0.606. The molecular weight excluding hydrogens is 396 g/mol. The van der Waals surface area contributed by atoms with Gasteiger partial charge in [0.25, 0.3) is 0 Å². The molecule has 1 unspecified atom stereocenters. The Kier molecular flexibility index (Phi) is 7.20. The number of β-amino-alcohol motifs (C(OH)–C–C–N with tert-alkyl or cyclic N) is 1. The predicted molar refractivity (Wildman–Crippen MR) is 122 cm³/mol. The van der Waals surface area contributed by atoms with Gasteiger partial charge in [-0.2, -0.15) is 11.8 Å². The molecule has 0 bridgehead atoms. The highest BCUT2D eigenvalue weighted by Crippen LogP contribution is 2.45. The van der Waals surface area contributed by atoms with E-state index in [9.17, 15) is 5.11 Å². The SMILES string of the molecule is COc1cc(CNC2(c3ccccc3)CC2)ccc1OCC(O)CN1CCSCC1. The minimum atomic E-state index is -0.500. The molecule has 1 aliphatic heterocycles. The Labute approximate surface area is 183 Å². The zero-order valence-corrected chi connectivity index (χ0v) is 18.5. The van der Waals surface area contributed by atoms with Gasteiger partial charge in [-0.25, -0.2) is 0 Å². The van der Waals surface area contributed by atoms with Gasteiger partial charge in [0, 0.05) is 43.2 Å². The van der Waals surface area contributed by atoms with E-state index in [1.807, 2.05) is 23.9 Å². The summed E-state index contributed by atoms with van der Waals surface area (Å²) in [6, 6.07) is 16.7. The van der Waals surface area contributed by atoms with Gasteiger partial charge in [-0.05, 0) is 36.1 Å². The third-order valence-corrected chi connectivity index (χ3v) is 6.88. The Morgan fingerprint density at radius 2 is 1.87 bits per heavy atom. The molecule has 1 atom stereocenters. The second-order valence-electron chi connectivity index (χ2n) is 8.16. The highest BCUT2D eigenvalue weighted by atomic mass is 32.2. The molecule has 5 nitrogen and oxygen atoms in total. The van der Waals surface area contributed by atoms with Crippen molar-refractivity contribution in [2.45, 2.75) is 31.0 Å². The van der Waals surface area contributed by atoms with Crippen LogP contribution in [0.4, 0.5) is 0 Å².